The van der Waals surface area contributed by atoms with E-state index < -0.39 is 16.8 Å². The van der Waals surface area contributed by atoms with E-state index in [2.05, 4.69) is 0 Å². The molecule has 92 valence electrons. The molecule has 1 rings (SSSR count). The van der Waals surface area contributed by atoms with Crippen molar-refractivity contribution in [1.82, 2.24) is 0 Å². The van der Waals surface area contributed by atoms with Crippen LogP contribution in [0.3, 0.4) is 0 Å². The van der Waals surface area contributed by atoms with Crippen LogP contribution in [0.5, 0.6) is 0 Å². The van der Waals surface area contributed by atoms with Crippen molar-refractivity contribution in [3.05, 3.63) is 0 Å². The van der Waals surface area contributed by atoms with E-state index in [0.29, 0.717) is 19.6 Å². The van der Waals surface area contributed by atoms with Gasteiger partial charge in [0.25, 0.3) is 0 Å². The average molecular weight is 230 g/mol. The molecule has 0 aromatic heterocycles. The third-order valence-electron chi connectivity index (χ3n) is 2.85. The Labute approximate surface area is 94.7 Å². The van der Waals surface area contributed by atoms with Gasteiger partial charge in [-0.1, -0.05) is 0 Å². The Morgan fingerprint density at radius 1 is 1.50 bits per heavy atom. The molecule has 0 aromatic carbocycles. The fourth-order valence-electron chi connectivity index (χ4n) is 1.31. The zero-order valence-corrected chi connectivity index (χ0v) is 9.91. The monoisotopic (exact) mass is 230 g/mol. The summed E-state index contributed by atoms with van der Waals surface area (Å²) < 4.78 is 10.2. The number of ether oxygens (including phenoxy) is 2. The molecular formula is C11H18O5. The molecular weight excluding hydrogens is 212 g/mol. The Morgan fingerprint density at radius 3 is 2.56 bits per heavy atom. The van der Waals surface area contributed by atoms with Gasteiger partial charge in [0.2, 0.25) is 0 Å². The summed E-state index contributed by atoms with van der Waals surface area (Å²) in [5, 5.41) is 8.87. The molecule has 0 radical (unpaired) electrons. The lowest BCUT2D eigenvalue weighted by Gasteiger charge is -2.24. The number of carbonyl (C=O) groups excluding carboxylic acids is 1. The van der Waals surface area contributed by atoms with Crippen molar-refractivity contribution in [2.45, 2.75) is 27.2 Å². The molecule has 0 bridgehead atoms. The first kappa shape index (κ1) is 13.0. The van der Waals surface area contributed by atoms with E-state index in [1.807, 2.05) is 0 Å². The zero-order chi connectivity index (χ0) is 12.4. The normalized spacial score (nSPS) is 25.4. The Morgan fingerprint density at radius 2 is 2.12 bits per heavy atom. The molecule has 0 spiro atoms. The highest BCUT2D eigenvalue weighted by molar-refractivity contribution is 5.78. The van der Waals surface area contributed by atoms with Crippen LogP contribution < -0.4 is 0 Å². The van der Waals surface area contributed by atoms with Gasteiger partial charge in [-0.2, -0.15) is 0 Å². The Bertz CT molecular complexity index is 289. The van der Waals surface area contributed by atoms with Crippen LogP contribution >= 0.6 is 0 Å². The summed E-state index contributed by atoms with van der Waals surface area (Å²) in [7, 11) is 0. The summed E-state index contributed by atoms with van der Waals surface area (Å²) in [4.78, 5) is 22.6. The van der Waals surface area contributed by atoms with Gasteiger partial charge in [-0.25, -0.2) is 0 Å². The molecule has 1 aliphatic heterocycles. The minimum absolute atomic E-state index is 0.114. The summed E-state index contributed by atoms with van der Waals surface area (Å²) in [6.07, 6.45) is 0.624. The maximum atomic E-state index is 11.7. The predicted molar refractivity (Wildman–Crippen MR) is 55.9 cm³/mol. The van der Waals surface area contributed by atoms with Gasteiger partial charge >= 0.3 is 11.9 Å². The summed E-state index contributed by atoms with van der Waals surface area (Å²) in [5.74, 6) is -1.35. The molecule has 5 nitrogen and oxygen atoms in total. The molecule has 1 aliphatic rings. The van der Waals surface area contributed by atoms with Crippen LogP contribution in [-0.4, -0.2) is 36.9 Å². The van der Waals surface area contributed by atoms with E-state index in [1.54, 1.807) is 6.92 Å². The minimum Gasteiger partial charge on any atom is -0.481 e. The number of aliphatic carboxylic acids is 1. The van der Waals surface area contributed by atoms with Crippen LogP contribution in [0.25, 0.3) is 0 Å². The second kappa shape index (κ2) is 4.41. The van der Waals surface area contributed by atoms with Crippen molar-refractivity contribution in [2.24, 2.45) is 10.8 Å². The van der Waals surface area contributed by atoms with Crippen LogP contribution in [0.4, 0.5) is 0 Å². The summed E-state index contributed by atoms with van der Waals surface area (Å²) in [6.45, 7) is 5.60. The first-order valence-electron chi connectivity index (χ1n) is 5.26. The smallest absolute Gasteiger partial charge is 0.314 e. The van der Waals surface area contributed by atoms with Crippen LogP contribution in [-0.2, 0) is 19.1 Å². The lowest BCUT2D eigenvalue weighted by Crippen LogP contribution is -2.36. The Kier molecular flexibility index (Phi) is 3.57. The van der Waals surface area contributed by atoms with Gasteiger partial charge < -0.3 is 14.6 Å². The fraction of sp³-hybridized carbons (Fsp3) is 0.818. The molecule has 0 aliphatic carbocycles. The van der Waals surface area contributed by atoms with Gasteiger partial charge in [-0.3, -0.25) is 9.59 Å². The Hall–Kier alpha value is -1.10. The van der Waals surface area contributed by atoms with Crippen molar-refractivity contribution in [3.63, 3.8) is 0 Å². The number of esters is 1. The molecule has 16 heavy (non-hydrogen) atoms. The third kappa shape index (κ3) is 2.72. The highest BCUT2D eigenvalue weighted by atomic mass is 16.5. The van der Waals surface area contributed by atoms with Crippen molar-refractivity contribution >= 4 is 11.9 Å². The molecule has 1 fully saturated rings. The second-order valence-electron chi connectivity index (χ2n) is 5.13. The number of carbonyl (C=O) groups is 2. The van der Waals surface area contributed by atoms with Crippen LogP contribution in [0.15, 0.2) is 0 Å². The van der Waals surface area contributed by atoms with Crippen molar-refractivity contribution < 1.29 is 24.2 Å². The van der Waals surface area contributed by atoms with Gasteiger partial charge in [0.15, 0.2) is 0 Å². The van der Waals surface area contributed by atoms with E-state index in [0.717, 1.165) is 0 Å². The maximum absolute atomic E-state index is 11.7. The molecule has 5 heteroatoms. The van der Waals surface area contributed by atoms with Crippen LogP contribution in [0, 0.1) is 10.8 Å². The van der Waals surface area contributed by atoms with E-state index in [9.17, 15) is 9.59 Å². The van der Waals surface area contributed by atoms with Crippen molar-refractivity contribution in [2.75, 3.05) is 19.8 Å². The Balaban J connectivity index is 2.50. The molecule has 1 atom stereocenters. The van der Waals surface area contributed by atoms with E-state index in [-0.39, 0.29) is 12.6 Å². The van der Waals surface area contributed by atoms with Gasteiger partial charge in [-0.05, 0) is 27.2 Å². The first-order valence-corrected chi connectivity index (χ1v) is 5.26. The van der Waals surface area contributed by atoms with Gasteiger partial charge in [-0.15, -0.1) is 0 Å². The number of hydrogen-bond donors (Lipinski definition) is 1. The lowest BCUT2D eigenvalue weighted by molar-refractivity contribution is -0.163. The average Bonchev–Trinajstić information content (AvgIpc) is 2.62. The van der Waals surface area contributed by atoms with Gasteiger partial charge in [0.05, 0.1) is 17.4 Å². The lowest BCUT2D eigenvalue weighted by atomic mass is 9.90. The topological polar surface area (TPSA) is 72.8 Å². The summed E-state index contributed by atoms with van der Waals surface area (Å²) >= 11 is 0. The molecule has 0 amide bonds. The quantitative estimate of drug-likeness (QED) is 0.731. The molecule has 1 unspecified atom stereocenters. The number of carboxylic acid groups (broad SMARTS) is 1. The van der Waals surface area contributed by atoms with Crippen LogP contribution in [0.2, 0.25) is 0 Å². The third-order valence-corrected chi connectivity index (χ3v) is 2.85. The SMILES string of the molecule is CC(C)(COC(=O)C1(C)CCOC1)C(=O)O. The van der Waals surface area contributed by atoms with E-state index in [1.165, 1.54) is 13.8 Å². The highest BCUT2D eigenvalue weighted by Gasteiger charge is 2.40. The highest BCUT2D eigenvalue weighted by Crippen LogP contribution is 2.30. The molecule has 1 N–H and O–H groups in total. The first-order chi connectivity index (χ1) is 7.28. The van der Waals surface area contributed by atoms with E-state index >= 15 is 0 Å². The standard InChI is InChI=1S/C11H18O5/c1-10(2,8(12)13)6-16-9(14)11(3)4-5-15-7-11/h4-7H2,1-3H3,(H,12,13). The fourth-order valence-corrected chi connectivity index (χ4v) is 1.31. The summed E-state index contributed by atoms with van der Waals surface area (Å²) in [5.41, 5.74) is -1.67. The number of hydrogen-bond acceptors (Lipinski definition) is 4. The molecule has 0 saturated carbocycles. The summed E-state index contributed by atoms with van der Waals surface area (Å²) in [6, 6.07) is 0. The van der Waals surface area contributed by atoms with Crippen molar-refractivity contribution in [3.8, 4) is 0 Å². The van der Waals surface area contributed by atoms with Crippen molar-refractivity contribution in [1.29, 1.82) is 0 Å². The second-order valence-corrected chi connectivity index (χ2v) is 5.13. The van der Waals surface area contributed by atoms with Gasteiger partial charge in [0, 0.05) is 6.61 Å². The molecule has 0 aromatic rings. The predicted octanol–water partition coefficient (Wildman–Crippen LogP) is 1.07. The zero-order valence-electron chi connectivity index (χ0n) is 9.91. The number of rotatable bonds is 4. The number of carboxylic acids is 1. The van der Waals surface area contributed by atoms with Gasteiger partial charge in [0.1, 0.15) is 6.61 Å². The molecule has 1 heterocycles. The minimum atomic E-state index is -1.05. The molecule has 1 saturated heterocycles. The van der Waals surface area contributed by atoms with E-state index in [4.69, 9.17) is 14.6 Å². The largest absolute Gasteiger partial charge is 0.481 e. The maximum Gasteiger partial charge on any atom is 0.314 e. The van der Waals surface area contributed by atoms with Crippen LogP contribution in [0.1, 0.15) is 27.2 Å².